The molecule has 0 bridgehead atoms. The maximum Gasteiger partial charge on any atom is 0.326 e. The molecule has 2 rings (SSSR count). The molecule has 6 nitrogen and oxygen atoms in total. The number of carboxylic acids is 1. The Balaban J connectivity index is 1.71. The molecule has 1 amide bonds. The van der Waals surface area contributed by atoms with Gasteiger partial charge in [0.05, 0.1) is 13.2 Å². The Bertz CT molecular complexity index is 314. The van der Waals surface area contributed by atoms with Crippen LogP contribution in [0.15, 0.2) is 0 Å². The van der Waals surface area contributed by atoms with E-state index in [1.54, 1.807) is 0 Å². The van der Waals surface area contributed by atoms with Crippen LogP contribution in [-0.2, 0) is 19.1 Å². The normalized spacial score (nSPS) is 27.7. The first-order valence-electron chi connectivity index (χ1n) is 6.36. The number of carbonyl (C=O) groups excluding carboxylic acids is 1. The summed E-state index contributed by atoms with van der Waals surface area (Å²) in [5.74, 6) is -0.782. The van der Waals surface area contributed by atoms with Gasteiger partial charge in [-0.1, -0.05) is 0 Å². The number of aliphatic carboxylic acids is 1. The second-order valence-electron chi connectivity index (χ2n) is 4.83. The van der Waals surface area contributed by atoms with Crippen LogP contribution in [0.5, 0.6) is 0 Å². The highest BCUT2D eigenvalue weighted by atomic mass is 16.5. The van der Waals surface area contributed by atoms with Crippen LogP contribution in [0.1, 0.15) is 19.3 Å². The Morgan fingerprint density at radius 2 is 2.22 bits per heavy atom. The number of rotatable bonds is 5. The van der Waals surface area contributed by atoms with Gasteiger partial charge in [0.15, 0.2) is 0 Å². The molecule has 2 heterocycles. The van der Waals surface area contributed by atoms with Crippen LogP contribution in [0.4, 0.5) is 0 Å². The molecule has 2 atom stereocenters. The summed E-state index contributed by atoms with van der Waals surface area (Å²) in [4.78, 5) is 24.2. The Labute approximate surface area is 106 Å². The number of hydrogen-bond donors (Lipinski definition) is 1. The van der Waals surface area contributed by atoms with E-state index in [0.29, 0.717) is 32.1 Å². The van der Waals surface area contributed by atoms with E-state index >= 15 is 0 Å². The highest BCUT2D eigenvalue weighted by Crippen LogP contribution is 2.18. The summed E-state index contributed by atoms with van der Waals surface area (Å²) in [7, 11) is 0. The number of nitrogens with zero attached hydrogens (tertiary/aromatic N) is 1. The van der Waals surface area contributed by atoms with Crippen molar-refractivity contribution in [2.45, 2.75) is 25.3 Å². The second-order valence-corrected chi connectivity index (χ2v) is 4.83. The Morgan fingerprint density at radius 1 is 1.39 bits per heavy atom. The summed E-state index contributed by atoms with van der Waals surface area (Å²) in [6, 6.07) is -0.670. The minimum absolute atomic E-state index is 0.0275. The van der Waals surface area contributed by atoms with Gasteiger partial charge in [-0.05, 0) is 19.3 Å². The highest BCUT2D eigenvalue weighted by molar-refractivity contribution is 5.84. The third-order valence-corrected chi connectivity index (χ3v) is 3.46. The lowest BCUT2D eigenvalue weighted by atomic mass is 10.1. The number of carbonyl (C=O) groups is 2. The standard InChI is InChI=1S/C12H19NO5/c14-11(8-18-7-9-3-5-17-6-9)13-4-1-2-10(13)12(15)16/h9-10H,1-8H2,(H,15,16)/t9-,10-/m1/s1. The molecule has 0 aromatic rings. The first-order valence-corrected chi connectivity index (χ1v) is 6.36. The topological polar surface area (TPSA) is 76.1 Å². The fraction of sp³-hybridized carbons (Fsp3) is 0.833. The molecule has 0 aromatic carbocycles. The predicted molar refractivity (Wildman–Crippen MR) is 62.1 cm³/mol. The third kappa shape index (κ3) is 3.20. The minimum Gasteiger partial charge on any atom is -0.480 e. The van der Waals surface area contributed by atoms with E-state index in [-0.39, 0.29) is 12.5 Å². The van der Waals surface area contributed by atoms with Crippen molar-refractivity contribution in [1.29, 1.82) is 0 Å². The van der Waals surface area contributed by atoms with E-state index < -0.39 is 12.0 Å². The van der Waals surface area contributed by atoms with Crippen molar-refractivity contribution in [3.8, 4) is 0 Å². The van der Waals surface area contributed by atoms with Crippen molar-refractivity contribution in [3.63, 3.8) is 0 Å². The average Bonchev–Trinajstić information content (AvgIpc) is 2.99. The molecule has 0 unspecified atom stereocenters. The molecule has 0 radical (unpaired) electrons. The van der Waals surface area contributed by atoms with Crippen molar-refractivity contribution < 1.29 is 24.2 Å². The zero-order chi connectivity index (χ0) is 13.0. The summed E-state index contributed by atoms with van der Waals surface area (Å²) in [5, 5.41) is 8.98. The maximum absolute atomic E-state index is 11.8. The fourth-order valence-corrected chi connectivity index (χ4v) is 2.43. The van der Waals surface area contributed by atoms with Gasteiger partial charge in [0.25, 0.3) is 0 Å². The molecule has 0 spiro atoms. The quantitative estimate of drug-likeness (QED) is 0.756. The van der Waals surface area contributed by atoms with Crippen LogP contribution < -0.4 is 0 Å². The first-order chi connectivity index (χ1) is 8.68. The van der Waals surface area contributed by atoms with Gasteiger partial charge >= 0.3 is 5.97 Å². The van der Waals surface area contributed by atoms with E-state index in [4.69, 9.17) is 14.6 Å². The van der Waals surface area contributed by atoms with Gasteiger partial charge in [0.2, 0.25) is 5.91 Å². The molecule has 0 aliphatic carbocycles. The SMILES string of the molecule is O=C(O)[C@H]1CCCN1C(=O)COC[C@@H]1CCOC1. The van der Waals surface area contributed by atoms with Crippen molar-refractivity contribution in [2.24, 2.45) is 5.92 Å². The summed E-state index contributed by atoms with van der Waals surface area (Å²) < 4.78 is 10.6. The molecule has 102 valence electrons. The molecule has 0 aromatic heterocycles. The molecule has 0 saturated carbocycles. The van der Waals surface area contributed by atoms with Gasteiger partial charge in [0, 0.05) is 19.1 Å². The number of amides is 1. The van der Waals surface area contributed by atoms with Gasteiger partial charge < -0.3 is 19.5 Å². The Kier molecular flexibility index (Phi) is 4.54. The maximum atomic E-state index is 11.8. The fourth-order valence-electron chi connectivity index (χ4n) is 2.43. The molecule has 6 heteroatoms. The lowest BCUT2D eigenvalue weighted by molar-refractivity contribution is -0.150. The average molecular weight is 257 g/mol. The van der Waals surface area contributed by atoms with E-state index in [1.165, 1.54) is 4.90 Å². The number of likely N-dealkylation sites (tertiary alicyclic amines) is 1. The lowest BCUT2D eigenvalue weighted by Gasteiger charge is -2.21. The molecular formula is C12H19NO5. The number of carboxylic acid groups (broad SMARTS) is 1. The smallest absolute Gasteiger partial charge is 0.326 e. The lowest BCUT2D eigenvalue weighted by Crippen LogP contribution is -2.42. The summed E-state index contributed by atoms with van der Waals surface area (Å²) >= 11 is 0. The largest absolute Gasteiger partial charge is 0.480 e. The number of hydrogen-bond acceptors (Lipinski definition) is 4. The Morgan fingerprint density at radius 3 is 2.89 bits per heavy atom. The molecule has 1 N–H and O–H groups in total. The molecule has 2 aliphatic heterocycles. The van der Waals surface area contributed by atoms with Gasteiger partial charge in [-0.3, -0.25) is 4.79 Å². The summed E-state index contributed by atoms with van der Waals surface area (Å²) in [6.07, 6.45) is 2.26. The van der Waals surface area contributed by atoms with Gasteiger partial charge in [-0.15, -0.1) is 0 Å². The zero-order valence-corrected chi connectivity index (χ0v) is 10.3. The molecule has 2 fully saturated rings. The molecule has 18 heavy (non-hydrogen) atoms. The van der Waals surface area contributed by atoms with Gasteiger partial charge in [-0.2, -0.15) is 0 Å². The third-order valence-electron chi connectivity index (χ3n) is 3.46. The van der Waals surface area contributed by atoms with Crippen molar-refractivity contribution in [3.05, 3.63) is 0 Å². The molecular weight excluding hydrogens is 238 g/mol. The van der Waals surface area contributed by atoms with Gasteiger partial charge in [0.1, 0.15) is 12.6 Å². The predicted octanol–water partition coefficient (Wildman–Crippen LogP) is 0.115. The van der Waals surface area contributed by atoms with E-state index in [0.717, 1.165) is 19.4 Å². The summed E-state index contributed by atoms with van der Waals surface area (Å²) in [5.41, 5.74) is 0. The highest BCUT2D eigenvalue weighted by Gasteiger charge is 2.33. The van der Waals surface area contributed by atoms with Crippen LogP contribution >= 0.6 is 0 Å². The Hall–Kier alpha value is -1.14. The molecule has 2 saturated heterocycles. The van der Waals surface area contributed by atoms with Crippen molar-refractivity contribution in [1.82, 2.24) is 4.90 Å². The van der Waals surface area contributed by atoms with Crippen LogP contribution in [0.25, 0.3) is 0 Å². The summed E-state index contributed by atoms with van der Waals surface area (Å²) in [6.45, 7) is 2.45. The number of ether oxygens (including phenoxy) is 2. The van der Waals surface area contributed by atoms with Crippen molar-refractivity contribution >= 4 is 11.9 Å². The monoisotopic (exact) mass is 257 g/mol. The zero-order valence-electron chi connectivity index (χ0n) is 10.3. The first kappa shape index (κ1) is 13.3. The van der Waals surface area contributed by atoms with E-state index in [1.807, 2.05) is 0 Å². The van der Waals surface area contributed by atoms with Gasteiger partial charge in [-0.25, -0.2) is 4.79 Å². The van der Waals surface area contributed by atoms with E-state index in [2.05, 4.69) is 0 Å². The van der Waals surface area contributed by atoms with Crippen molar-refractivity contribution in [2.75, 3.05) is 33.0 Å². The molecule has 2 aliphatic rings. The van der Waals surface area contributed by atoms with Crippen LogP contribution in [0.2, 0.25) is 0 Å². The second kappa shape index (κ2) is 6.15. The minimum atomic E-state index is -0.926. The van der Waals surface area contributed by atoms with E-state index in [9.17, 15) is 9.59 Å². The van der Waals surface area contributed by atoms with Crippen LogP contribution in [0, 0.1) is 5.92 Å². The van der Waals surface area contributed by atoms with Crippen LogP contribution in [-0.4, -0.2) is 60.9 Å². The van der Waals surface area contributed by atoms with Crippen LogP contribution in [0.3, 0.4) is 0 Å².